The molecule has 0 spiro atoms. The van der Waals surface area contributed by atoms with Crippen molar-refractivity contribution in [3.63, 3.8) is 0 Å². The van der Waals surface area contributed by atoms with Crippen molar-refractivity contribution in [2.75, 3.05) is 20.8 Å². The molecule has 0 aromatic heterocycles. The highest BCUT2D eigenvalue weighted by Gasteiger charge is 2.15. The summed E-state index contributed by atoms with van der Waals surface area (Å²) in [6.07, 6.45) is 0.184. The van der Waals surface area contributed by atoms with Gasteiger partial charge in [-0.1, -0.05) is 0 Å². The number of rotatable bonds is 5. The Hall–Kier alpha value is -1.75. The molecule has 0 heterocycles. The van der Waals surface area contributed by atoms with Crippen LogP contribution in [0.2, 0.25) is 0 Å². The number of methoxy groups -OCH3 is 2. The number of phenolic OH excluding ortho intramolecular Hbond substituents is 1. The van der Waals surface area contributed by atoms with Gasteiger partial charge in [0.25, 0.3) is 0 Å². The van der Waals surface area contributed by atoms with E-state index in [1.807, 2.05) is 0 Å². The number of phenols is 1. The van der Waals surface area contributed by atoms with E-state index in [1.165, 1.54) is 26.4 Å². The van der Waals surface area contributed by atoms with E-state index in [0.717, 1.165) is 0 Å². The van der Waals surface area contributed by atoms with E-state index in [9.17, 15) is 9.90 Å². The third-order valence-corrected chi connectivity index (χ3v) is 2.17. The fraction of sp³-hybridized carbons (Fsp3) is 0.364. The van der Waals surface area contributed by atoms with E-state index in [4.69, 9.17) is 15.2 Å². The zero-order valence-electron chi connectivity index (χ0n) is 9.32. The van der Waals surface area contributed by atoms with Crippen molar-refractivity contribution in [3.8, 4) is 17.2 Å². The average Bonchev–Trinajstić information content (AvgIpc) is 2.28. The van der Waals surface area contributed by atoms with Crippen LogP contribution >= 0.6 is 0 Å². The van der Waals surface area contributed by atoms with E-state index in [0.29, 0.717) is 11.5 Å². The Morgan fingerprint density at radius 3 is 2.38 bits per heavy atom. The lowest BCUT2D eigenvalue weighted by atomic mass is 10.1. The fourth-order valence-corrected chi connectivity index (χ4v) is 1.36. The van der Waals surface area contributed by atoms with Crippen molar-refractivity contribution in [3.05, 3.63) is 17.7 Å². The molecule has 5 heteroatoms. The largest absolute Gasteiger partial charge is 0.507 e. The molecule has 0 unspecified atom stereocenters. The van der Waals surface area contributed by atoms with Crippen molar-refractivity contribution < 1.29 is 19.4 Å². The second-order valence-electron chi connectivity index (χ2n) is 3.19. The topological polar surface area (TPSA) is 81.8 Å². The number of benzene rings is 1. The lowest BCUT2D eigenvalue weighted by Gasteiger charge is -2.10. The highest BCUT2D eigenvalue weighted by molar-refractivity contribution is 5.99. The van der Waals surface area contributed by atoms with Gasteiger partial charge in [0.1, 0.15) is 5.75 Å². The second-order valence-corrected chi connectivity index (χ2v) is 3.19. The maximum Gasteiger partial charge on any atom is 0.167 e. The van der Waals surface area contributed by atoms with Gasteiger partial charge in [-0.3, -0.25) is 4.79 Å². The van der Waals surface area contributed by atoms with E-state index in [2.05, 4.69) is 0 Å². The molecule has 0 saturated heterocycles. The molecule has 88 valence electrons. The number of aromatic hydroxyl groups is 1. The summed E-state index contributed by atoms with van der Waals surface area (Å²) in [5, 5.41) is 9.64. The maximum absolute atomic E-state index is 11.6. The molecule has 1 aromatic carbocycles. The second kappa shape index (κ2) is 5.37. The summed E-state index contributed by atoms with van der Waals surface area (Å²) in [5.41, 5.74) is 5.48. The van der Waals surface area contributed by atoms with Crippen molar-refractivity contribution in [1.82, 2.24) is 0 Å². The number of hydrogen-bond acceptors (Lipinski definition) is 5. The van der Waals surface area contributed by atoms with Crippen LogP contribution in [0.3, 0.4) is 0 Å². The molecule has 1 rings (SSSR count). The number of carbonyl (C=O) groups is 1. The first-order valence-corrected chi connectivity index (χ1v) is 4.82. The van der Waals surface area contributed by atoms with Gasteiger partial charge in [-0.05, 0) is 12.6 Å². The summed E-state index contributed by atoms with van der Waals surface area (Å²) < 4.78 is 10.0. The summed E-state index contributed by atoms with van der Waals surface area (Å²) in [5.74, 6) is 0.432. The summed E-state index contributed by atoms with van der Waals surface area (Å²) in [6, 6.07) is 2.80. The highest BCUT2D eigenvalue weighted by atomic mass is 16.5. The predicted molar refractivity (Wildman–Crippen MR) is 59.2 cm³/mol. The first kappa shape index (κ1) is 12.3. The van der Waals surface area contributed by atoms with E-state index >= 15 is 0 Å². The van der Waals surface area contributed by atoms with Crippen molar-refractivity contribution in [1.29, 1.82) is 0 Å². The minimum Gasteiger partial charge on any atom is -0.507 e. The normalized spacial score (nSPS) is 9.94. The van der Waals surface area contributed by atoms with Crippen molar-refractivity contribution >= 4 is 5.78 Å². The lowest BCUT2D eigenvalue weighted by molar-refractivity contribution is 0.0982. The number of carbonyl (C=O) groups excluding carboxylic acids is 1. The van der Waals surface area contributed by atoms with Gasteiger partial charge in [0.05, 0.1) is 19.8 Å². The molecule has 1 aromatic rings. The van der Waals surface area contributed by atoms with Crippen LogP contribution in [-0.2, 0) is 0 Å². The van der Waals surface area contributed by atoms with Crippen LogP contribution in [0.15, 0.2) is 12.1 Å². The SMILES string of the molecule is COc1cc(O)c(C(=O)CCN)cc1OC. The minimum atomic E-state index is -0.221. The fourth-order valence-electron chi connectivity index (χ4n) is 1.36. The van der Waals surface area contributed by atoms with Gasteiger partial charge < -0.3 is 20.3 Å². The molecule has 0 aliphatic carbocycles. The van der Waals surface area contributed by atoms with Crippen LogP contribution in [0, 0.1) is 0 Å². The molecule has 0 aliphatic rings. The molecule has 0 atom stereocenters. The maximum atomic E-state index is 11.6. The van der Waals surface area contributed by atoms with E-state index < -0.39 is 0 Å². The van der Waals surface area contributed by atoms with Gasteiger partial charge in [-0.25, -0.2) is 0 Å². The number of ether oxygens (including phenoxy) is 2. The van der Waals surface area contributed by atoms with Crippen LogP contribution in [0.25, 0.3) is 0 Å². The molecule has 5 nitrogen and oxygen atoms in total. The van der Waals surface area contributed by atoms with Crippen LogP contribution in [0.4, 0.5) is 0 Å². The highest BCUT2D eigenvalue weighted by Crippen LogP contribution is 2.34. The molecular weight excluding hydrogens is 210 g/mol. The van der Waals surface area contributed by atoms with Gasteiger partial charge in [-0.2, -0.15) is 0 Å². The molecule has 0 bridgehead atoms. The van der Waals surface area contributed by atoms with Gasteiger partial charge in [0.15, 0.2) is 17.3 Å². The van der Waals surface area contributed by atoms with Gasteiger partial charge in [0.2, 0.25) is 0 Å². The number of ketones is 1. The van der Waals surface area contributed by atoms with Crippen molar-refractivity contribution in [2.45, 2.75) is 6.42 Å². The van der Waals surface area contributed by atoms with Crippen LogP contribution in [0.5, 0.6) is 17.2 Å². The first-order valence-electron chi connectivity index (χ1n) is 4.82. The Labute approximate surface area is 93.8 Å². The van der Waals surface area contributed by atoms with Crippen LogP contribution in [0.1, 0.15) is 16.8 Å². The van der Waals surface area contributed by atoms with Gasteiger partial charge in [0, 0.05) is 12.5 Å². The van der Waals surface area contributed by atoms with Gasteiger partial charge >= 0.3 is 0 Å². The molecule has 3 N–H and O–H groups in total. The Morgan fingerprint density at radius 2 is 1.88 bits per heavy atom. The third-order valence-electron chi connectivity index (χ3n) is 2.17. The number of hydrogen-bond donors (Lipinski definition) is 2. The Morgan fingerprint density at radius 1 is 1.31 bits per heavy atom. The third kappa shape index (κ3) is 2.43. The molecule has 0 amide bonds. The van der Waals surface area contributed by atoms with Crippen molar-refractivity contribution in [2.24, 2.45) is 5.73 Å². The first-order chi connectivity index (χ1) is 7.63. The van der Waals surface area contributed by atoms with Gasteiger partial charge in [-0.15, -0.1) is 0 Å². The average molecular weight is 225 g/mol. The lowest BCUT2D eigenvalue weighted by Crippen LogP contribution is -2.08. The molecular formula is C11H15NO4. The Balaban J connectivity index is 3.15. The molecule has 16 heavy (non-hydrogen) atoms. The zero-order valence-corrected chi connectivity index (χ0v) is 9.32. The summed E-state index contributed by atoms with van der Waals surface area (Å²) in [7, 11) is 2.92. The summed E-state index contributed by atoms with van der Waals surface area (Å²) in [4.78, 5) is 11.6. The monoisotopic (exact) mass is 225 g/mol. The standard InChI is InChI=1S/C11H15NO4/c1-15-10-5-7(8(13)3-4-12)9(14)6-11(10)16-2/h5-6,14H,3-4,12H2,1-2H3. The molecule has 0 saturated carbocycles. The number of nitrogens with two attached hydrogens (primary N) is 1. The predicted octanol–water partition coefficient (Wildman–Crippen LogP) is 0.941. The van der Waals surface area contributed by atoms with E-state index in [-0.39, 0.29) is 30.1 Å². The summed E-state index contributed by atoms with van der Waals surface area (Å²) >= 11 is 0. The minimum absolute atomic E-state index is 0.129. The zero-order chi connectivity index (χ0) is 12.1. The smallest absolute Gasteiger partial charge is 0.167 e. The summed E-state index contributed by atoms with van der Waals surface area (Å²) in [6.45, 7) is 0.243. The molecule has 0 aliphatic heterocycles. The van der Waals surface area contributed by atoms with Crippen LogP contribution in [-0.4, -0.2) is 31.7 Å². The molecule has 0 radical (unpaired) electrons. The molecule has 0 fully saturated rings. The Bertz CT molecular complexity index is 390. The van der Waals surface area contributed by atoms with Crippen LogP contribution < -0.4 is 15.2 Å². The quantitative estimate of drug-likeness (QED) is 0.729. The van der Waals surface area contributed by atoms with E-state index in [1.54, 1.807) is 0 Å². The Kier molecular flexibility index (Phi) is 4.13. The number of Topliss-reactive ketones (excluding diaryl/α,β-unsaturated/α-hetero) is 1.